The molecule has 3 nitrogen and oxygen atoms in total. The normalized spacial score (nSPS) is 10.8. The Bertz CT molecular complexity index is 549. The zero-order valence-electron chi connectivity index (χ0n) is 12.7. The second-order valence-corrected chi connectivity index (χ2v) is 6.13. The van der Waals surface area contributed by atoms with E-state index in [1.807, 2.05) is 0 Å². The summed E-state index contributed by atoms with van der Waals surface area (Å²) < 4.78 is 0. The van der Waals surface area contributed by atoms with Gasteiger partial charge in [0.05, 0.1) is 6.54 Å². The van der Waals surface area contributed by atoms with Crippen molar-refractivity contribution in [3.8, 4) is 0 Å². The molecule has 108 valence electrons. The molecule has 4 heteroatoms. The zero-order valence-corrected chi connectivity index (χ0v) is 13.5. The summed E-state index contributed by atoms with van der Waals surface area (Å²) in [6, 6.07) is 6.44. The van der Waals surface area contributed by atoms with E-state index >= 15 is 0 Å². The number of aromatic nitrogens is 1. The molecule has 0 aliphatic heterocycles. The first-order valence-corrected chi connectivity index (χ1v) is 7.91. The van der Waals surface area contributed by atoms with Gasteiger partial charge >= 0.3 is 0 Å². The number of aryl methyl sites for hydroxylation is 2. The first-order valence-electron chi connectivity index (χ1n) is 7.03. The minimum Gasteiger partial charge on any atom is -0.354 e. The Kier molecular flexibility index (Phi) is 5.15. The van der Waals surface area contributed by atoms with Gasteiger partial charge in [0, 0.05) is 29.7 Å². The van der Waals surface area contributed by atoms with Crippen LogP contribution in [-0.4, -0.2) is 18.6 Å². The van der Waals surface area contributed by atoms with Gasteiger partial charge in [0.2, 0.25) is 0 Å². The van der Waals surface area contributed by atoms with Crippen LogP contribution in [0.3, 0.4) is 0 Å². The molecule has 0 atom stereocenters. The number of nitrogens with one attached hydrogen (secondary N) is 1. The summed E-state index contributed by atoms with van der Waals surface area (Å²) in [5, 5.41) is 5.54. The molecule has 20 heavy (non-hydrogen) atoms. The molecule has 0 unspecified atom stereocenters. The molecular weight excluding hydrogens is 266 g/mol. The molecule has 0 aliphatic rings. The SMILES string of the molecule is CCNCc1c(C)cc(C)nc1N(C)Cc1cccs1. The molecule has 0 radical (unpaired) electrons. The van der Waals surface area contributed by atoms with Crippen LogP contribution in [0.4, 0.5) is 5.82 Å². The lowest BCUT2D eigenvalue weighted by Crippen LogP contribution is -2.22. The van der Waals surface area contributed by atoms with Crippen molar-refractivity contribution in [1.29, 1.82) is 0 Å². The maximum atomic E-state index is 4.76. The summed E-state index contributed by atoms with van der Waals surface area (Å²) in [5.74, 6) is 1.09. The fourth-order valence-electron chi connectivity index (χ4n) is 2.34. The first-order chi connectivity index (χ1) is 9.61. The fourth-order valence-corrected chi connectivity index (χ4v) is 3.10. The highest BCUT2D eigenvalue weighted by Gasteiger charge is 2.13. The highest BCUT2D eigenvalue weighted by atomic mass is 32.1. The second-order valence-electron chi connectivity index (χ2n) is 5.10. The summed E-state index contributed by atoms with van der Waals surface area (Å²) >= 11 is 1.79. The Labute approximate surface area is 125 Å². The quantitative estimate of drug-likeness (QED) is 0.882. The lowest BCUT2D eigenvalue weighted by Gasteiger charge is -2.23. The molecule has 0 aromatic carbocycles. The fraction of sp³-hybridized carbons (Fsp3) is 0.438. The molecule has 0 bridgehead atoms. The Morgan fingerprint density at radius 3 is 2.80 bits per heavy atom. The molecule has 0 amide bonds. The largest absolute Gasteiger partial charge is 0.354 e. The van der Waals surface area contributed by atoms with E-state index in [9.17, 15) is 0 Å². The van der Waals surface area contributed by atoms with E-state index in [1.54, 1.807) is 11.3 Å². The predicted molar refractivity (Wildman–Crippen MR) is 87.5 cm³/mol. The number of hydrogen-bond acceptors (Lipinski definition) is 4. The molecule has 1 N–H and O–H groups in total. The van der Waals surface area contributed by atoms with Crippen LogP contribution in [0.15, 0.2) is 23.6 Å². The van der Waals surface area contributed by atoms with E-state index < -0.39 is 0 Å². The number of thiophene rings is 1. The van der Waals surface area contributed by atoms with Crippen LogP contribution in [0.5, 0.6) is 0 Å². The summed E-state index contributed by atoms with van der Waals surface area (Å²) in [5.41, 5.74) is 3.69. The van der Waals surface area contributed by atoms with Crippen molar-refractivity contribution in [3.63, 3.8) is 0 Å². The van der Waals surface area contributed by atoms with E-state index in [0.29, 0.717) is 0 Å². The van der Waals surface area contributed by atoms with Crippen LogP contribution >= 0.6 is 11.3 Å². The van der Waals surface area contributed by atoms with Crippen molar-refractivity contribution in [3.05, 3.63) is 45.3 Å². The molecule has 2 rings (SSSR count). The number of hydrogen-bond donors (Lipinski definition) is 1. The molecule has 2 aromatic rings. The van der Waals surface area contributed by atoms with Crippen LogP contribution in [0.1, 0.15) is 28.6 Å². The van der Waals surface area contributed by atoms with Crippen molar-refractivity contribution in [2.75, 3.05) is 18.5 Å². The summed E-state index contributed by atoms with van der Waals surface area (Å²) in [6.07, 6.45) is 0. The predicted octanol–water partition coefficient (Wildman–Crippen LogP) is 3.51. The molecule has 0 saturated carbocycles. The van der Waals surface area contributed by atoms with Gasteiger partial charge in [-0.1, -0.05) is 13.0 Å². The Balaban J connectivity index is 2.27. The lowest BCUT2D eigenvalue weighted by atomic mass is 10.1. The topological polar surface area (TPSA) is 28.2 Å². The molecule has 0 spiro atoms. The molecular formula is C16H23N3S. The lowest BCUT2D eigenvalue weighted by molar-refractivity contribution is 0.715. The van der Waals surface area contributed by atoms with E-state index in [-0.39, 0.29) is 0 Å². The number of rotatable bonds is 6. The third-order valence-corrected chi connectivity index (χ3v) is 4.20. The molecule has 0 fully saturated rings. The van der Waals surface area contributed by atoms with Crippen molar-refractivity contribution >= 4 is 17.2 Å². The maximum Gasteiger partial charge on any atom is 0.133 e. The average Bonchev–Trinajstić information content (AvgIpc) is 2.89. The minimum atomic E-state index is 0.875. The third kappa shape index (κ3) is 3.58. The van der Waals surface area contributed by atoms with Gasteiger partial charge < -0.3 is 10.2 Å². The van der Waals surface area contributed by atoms with Gasteiger partial charge in [0.25, 0.3) is 0 Å². The highest BCUT2D eigenvalue weighted by Crippen LogP contribution is 2.24. The van der Waals surface area contributed by atoms with Crippen molar-refractivity contribution in [2.45, 2.75) is 33.9 Å². The van der Waals surface area contributed by atoms with E-state index in [4.69, 9.17) is 4.98 Å². The van der Waals surface area contributed by atoms with Crippen LogP contribution in [-0.2, 0) is 13.1 Å². The monoisotopic (exact) mass is 289 g/mol. The van der Waals surface area contributed by atoms with Gasteiger partial charge in [-0.2, -0.15) is 0 Å². The standard InChI is InChI=1S/C16H23N3S/c1-5-17-10-15-12(2)9-13(3)18-16(15)19(4)11-14-7-6-8-20-14/h6-9,17H,5,10-11H2,1-4H3. The summed E-state index contributed by atoms with van der Waals surface area (Å²) in [4.78, 5) is 8.37. The van der Waals surface area contributed by atoms with Crippen molar-refractivity contribution in [1.82, 2.24) is 10.3 Å². The van der Waals surface area contributed by atoms with Gasteiger partial charge in [0.1, 0.15) is 5.82 Å². The van der Waals surface area contributed by atoms with Gasteiger partial charge in [0.15, 0.2) is 0 Å². The van der Waals surface area contributed by atoms with Crippen molar-refractivity contribution in [2.24, 2.45) is 0 Å². The Hall–Kier alpha value is -1.39. The van der Waals surface area contributed by atoms with E-state index in [0.717, 1.165) is 31.1 Å². The van der Waals surface area contributed by atoms with E-state index in [1.165, 1.54) is 16.0 Å². The second kappa shape index (κ2) is 6.86. The molecule has 0 saturated heterocycles. The zero-order chi connectivity index (χ0) is 14.5. The van der Waals surface area contributed by atoms with Gasteiger partial charge in [-0.15, -0.1) is 11.3 Å². The van der Waals surface area contributed by atoms with Crippen LogP contribution < -0.4 is 10.2 Å². The van der Waals surface area contributed by atoms with Gasteiger partial charge in [-0.05, 0) is 43.5 Å². The van der Waals surface area contributed by atoms with Crippen LogP contribution in [0, 0.1) is 13.8 Å². The maximum absolute atomic E-state index is 4.76. The van der Waals surface area contributed by atoms with Crippen LogP contribution in [0.2, 0.25) is 0 Å². The highest BCUT2D eigenvalue weighted by molar-refractivity contribution is 7.09. The summed E-state index contributed by atoms with van der Waals surface area (Å²) in [6.45, 7) is 9.12. The summed E-state index contributed by atoms with van der Waals surface area (Å²) in [7, 11) is 2.12. The Morgan fingerprint density at radius 2 is 2.15 bits per heavy atom. The smallest absolute Gasteiger partial charge is 0.133 e. The van der Waals surface area contributed by atoms with Crippen molar-refractivity contribution < 1.29 is 0 Å². The number of nitrogens with zero attached hydrogens (tertiary/aromatic N) is 2. The molecule has 2 aromatic heterocycles. The first kappa shape index (κ1) is 15.0. The van der Waals surface area contributed by atoms with E-state index in [2.05, 4.69) is 61.6 Å². The third-order valence-electron chi connectivity index (χ3n) is 3.34. The average molecular weight is 289 g/mol. The number of pyridine rings is 1. The van der Waals surface area contributed by atoms with Gasteiger partial charge in [-0.3, -0.25) is 0 Å². The molecule has 0 aliphatic carbocycles. The Morgan fingerprint density at radius 1 is 1.35 bits per heavy atom. The molecule has 2 heterocycles. The minimum absolute atomic E-state index is 0.875. The number of anilines is 1. The van der Waals surface area contributed by atoms with Crippen LogP contribution in [0.25, 0.3) is 0 Å². The van der Waals surface area contributed by atoms with Gasteiger partial charge in [-0.25, -0.2) is 4.98 Å².